The fourth-order valence-electron chi connectivity index (χ4n) is 2.91. The Labute approximate surface area is 161 Å². The zero-order chi connectivity index (χ0) is 20.2. The summed E-state index contributed by atoms with van der Waals surface area (Å²) in [4.78, 5) is 0. The molecular formula is C20H20F3N3S. The van der Waals surface area contributed by atoms with E-state index in [1.165, 1.54) is 6.07 Å². The highest BCUT2D eigenvalue weighted by Gasteiger charge is 2.31. The number of halogens is 3. The van der Waals surface area contributed by atoms with Crippen LogP contribution in [0.5, 0.6) is 0 Å². The van der Waals surface area contributed by atoms with Gasteiger partial charge in [0.05, 0.1) is 22.3 Å². The van der Waals surface area contributed by atoms with Gasteiger partial charge in [-0.3, -0.25) is 0 Å². The van der Waals surface area contributed by atoms with E-state index in [9.17, 15) is 18.4 Å². The summed E-state index contributed by atoms with van der Waals surface area (Å²) in [6, 6.07) is 12.5. The summed E-state index contributed by atoms with van der Waals surface area (Å²) >= 11 is 3.79. The Morgan fingerprint density at radius 3 is 2.19 bits per heavy atom. The maximum Gasteiger partial charge on any atom is 0.416 e. The SMILES string of the molecule is CCS.CCn1c(-c2ccc(N)cc2)c(C#N)c2ccc(C(F)(F)F)cc21. The molecule has 3 nitrogen and oxygen atoms in total. The minimum Gasteiger partial charge on any atom is -0.399 e. The van der Waals surface area contributed by atoms with E-state index in [0.29, 0.717) is 34.4 Å². The minimum absolute atomic E-state index is 0.366. The number of nitriles is 1. The van der Waals surface area contributed by atoms with Crippen LogP contribution in [-0.2, 0) is 12.7 Å². The quantitative estimate of drug-likeness (QED) is 0.432. The van der Waals surface area contributed by atoms with E-state index in [1.54, 1.807) is 28.8 Å². The number of hydrogen-bond acceptors (Lipinski definition) is 3. The van der Waals surface area contributed by atoms with Crippen molar-refractivity contribution in [3.8, 4) is 17.3 Å². The molecule has 0 unspecified atom stereocenters. The van der Waals surface area contributed by atoms with Crippen LogP contribution in [0, 0.1) is 11.3 Å². The predicted octanol–water partition coefficient (Wildman–Crippen LogP) is 5.74. The van der Waals surface area contributed by atoms with Gasteiger partial charge in [-0.15, -0.1) is 0 Å². The van der Waals surface area contributed by atoms with Crippen molar-refractivity contribution in [3.63, 3.8) is 0 Å². The highest BCUT2D eigenvalue weighted by atomic mass is 32.1. The van der Waals surface area contributed by atoms with Gasteiger partial charge in [0.1, 0.15) is 6.07 Å². The van der Waals surface area contributed by atoms with Crippen molar-refractivity contribution < 1.29 is 13.2 Å². The first-order valence-electron chi connectivity index (χ1n) is 8.38. The van der Waals surface area contributed by atoms with Crippen molar-refractivity contribution >= 4 is 29.2 Å². The summed E-state index contributed by atoms with van der Waals surface area (Å²) < 4.78 is 40.8. The number of alkyl halides is 3. The van der Waals surface area contributed by atoms with Crippen LogP contribution in [0.2, 0.25) is 0 Å². The lowest BCUT2D eigenvalue weighted by atomic mass is 10.0. The van der Waals surface area contributed by atoms with Crippen LogP contribution in [0.4, 0.5) is 18.9 Å². The molecule has 2 aromatic carbocycles. The Morgan fingerprint density at radius 1 is 1.11 bits per heavy atom. The summed E-state index contributed by atoms with van der Waals surface area (Å²) in [7, 11) is 0. The van der Waals surface area contributed by atoms with Crippen LogP contribution >= 0.6 is 12.6 Å². The normalized spacial score (nSPS) is 11.0. The first kappa shape index (κ1) is 20.7. The van der Waals surface area contributed by atoms with Gasteiger partial charge in [-0.05, 0) is 42.5 Å². The number of aryl methyl sites for hydroxylation is 1. The summed E-state index contributed by atoms with van der Waals surface area (Å²) in [5.74, 6) is 0.944. The molecule has 0 spiro atoms. The lowest BCUT2D eigenvalue weighted by molar-refractivity contribution is -0.137. The maximum absolute atomic E-state index is 13.0. The smallest absolute Gasteiger partial charge is 0.399 e. The van der Waals surface area contributed by atoms with Crippen molar-refractivity contribution in [1.82, 2.24) is 4.57 Å². The number of nitrogens with zero attached hydrogens (tertiary/aromatic N) is 2. The number of rotatable bonds is 2. The number of anilines is 1. The molecule has 7 heteroatoms. The van der Waals surface area contributed by atoms with E-state index < -0.39 is 11.7 Å². The number of nitrogens with two attached hydrogens (primary N) is 1. The highest BCUT2D eigenvalue weighted by Crippen LogP contribution is 2.37. The van der Waals surface area contributed by atoms with Gasteiger partial charge in [-0.25, -0.2) is 0 Å². The van der Waals surface area contributed by atoms with Crippen molar-refractivity contribution in [2.24, 2.45) is 0 Å². The van der Waals surface area contributed by atoms with Gasteiger partial charge in [0, 0.05) is 17.6 Å². The second-order valence-electron chi connectivity index (χ2n) is 5.75. The molecule has 0 saturated heterocycles. The molecule has 0 atom stereocenters. The fraction of sp³-hybridized carbons (Fsp3) is 0.250. The largest absolute Gasteiger partial charge is 0.416 e. The zero-order valence-corrected chi connectivity index (χ0v) is 15.9. The van der Waals surface area contributed by atoms with Crippen molar-refractivity contribution in [3.05, 3.63) is 53.6 Å². The molecule has 2 N–H and O–H groups in total. The summed E-state index contributed by atoms with van der Waals surface area (Å²) in [6.45, 7) is 4.27. The van der Waals surface area contributed by atoms with E-state index in [1.807, 2.05) is 13.8 Å². The lowest BCUT2D eigenvalue weighted by Crippen LogP contribution is -2.05. The molecule has 0 amide bonds. The van der Waals surface area contributed by atoms with E-state index in [0.717, 1.165) is 23.4 Å². The third kappa shape index (κ3) is 4.22. The predicted molar refractivity (Wildman–Crippen MR) is 107 cm³/mol. The van der Waals surface area contributed by atoms with Crippen LogP contribution in [-0.4, -0.2) is 10.3 Å². The van der Waals surface area contributed by atoms with Gasteiger partial charge in [0.25, 0.3) is 0 Å². The molecule has 0 aliphatic heterocycles. The molecule has 0 aliphatic carbocycles. The average Bonchev–Trinajstić information content (AvgIpc) is 2.95. The Morgan fingerprint density at radius 2 is 1.70 bits per heavy atom. The lowest BCUT2D eigenvalue weighted by Gasteiger charge is -2.10. The molecule has 142 valence electrons. The van der Waals surface area contributed by atoms with E-state index in [-0.39, 0.29) is 0 Å². The Hall–Kier alpha value is -2.59. The monoisotopic (exact) mass is 391 g/mol. The second kappa shape index (κ2) is 8.40. The molecule has 3 rings (SSSR count). The van der Waals surface area contributed by atoms with Crippen LogP contribution in [0.1, 0.15) is 25.0 Å². The number of benzene rings is 2. The zero-order valence-electron chi connectivity index (χ0n) is 15.0. The number of aromatic nitrogens is 1. The molecular weight excluding hydrogens is 371 g/mol. The molecule has 0 bridgehead atoms. The van der Waals surface area contributed by atoms with Gasteiger partial charge in [-0.2, -0.15) is 31.1 Å². The van der Waals surface area contributed by atoms with Gasteiger partial charge >= 0.3 is 6.18 Å². The molecule has 0 radical (unpaired) electrons. The van der Waals surface area contributed by atoms with Crippen LogP contribution in [0.3, 0.4) is 0 Å². The van der Waals surface area contributed by atoms with Crippen molar-refractivity contribution in [2.45, 2.75) is 26.6 Å². The second-order valence-corrected chi connectivity index (χ2v) is 6.38. The molecule has 0 saturated carbocycles. The van der Waals surface area contributed by atoms with Gasteiger partial charge < -0.3 is 10.3 Å². The van der Waals surface area contributed by atoms with Gasteiger partial charge in [0.2, 0.25) is 0 Å². The molecule has 1 aromatic heterocycles. The Balaban J connectivity index is 0.000000817. The first-order valence-corrected chi connectivity index (χ1v) is 9.01. The molecule has 27 heavy (non-hydrogen) atoms. The number of thiol groups is 1. The standard InChI is InChI=1S/C18H14F3N3.C2H6S/c1-2-24-16-9-12(18(19,20)21)5-8-14(16)15(10-22)17(24)11-3-6-13(23)7-4-11;1-2-3/h3-9H,2,23H2,1H3;3H,2H2,1H3. The van der Waals surface area contributed by atoms with Gasteiger partial charge in [0.15, 0.2) is 0 Å². The molecule has 3 aromatic rings. The number of fused-ring (bicyclic) bond motifs is 1. The van der Waals surface area contributed by atoms with Crippen molar-refractivity contribution in [1.29, 1.82) is 5.26 Å². The third-order valence-electron chi connectivity index (χ3n) is 4.00. The first-order chi connectivity index (χ1) is 12.8. The number of nitrogen functional groups attached to an aromatic ring is 1. The Bertz CT molecular complexity index is 967. The van der Waals surface area contributed by atoms with E-state index in [2.05, 4.69) is 18.7 Å². The summed E-state index contributed by atoms with van der Waals surface area (Å²) in [5.41, 5.74) is 7.66. The number of hydrogen-bond donors (Lipinski definition) is 2. The van der Waals surface area contributed by atoms with Gasteiger partial charge in [-0.1, -0.05) is 25.1 Å². The summed E-state index contributed by atoms with van der Waals surface area (Å²) in [6.07, 6.45) is -4.43. The molecule has 0 fully saturated rings. The third-order valence-corrected chi connectivity index (χ3v) is 4.00. The average molecular weight is 391 g/mol. The van der Waals surface area contributed by atoms with Crippen LogP contribution in [0.25, 0.3) is 22.2 Å². The maximum atomic E-state index is 13.0. The van der Waals surface area contributed by atoms with Crippen molar-refractivity contribution in [2.75, 3.05) is 11.5 Å². The topological polar surface area (TPSA) is 54.7 Å². The van der Waals surface area contributed by atoms with E-state index in [4.69, 9.17) is 5.73 Å². The van der Waals surface area contributed by atoms with Crippen LogP contribution < -0.4 is 5.73 Å². The fourth-order valence-corrected chi connectivity index (χ4v) is 2.91. The highest BCUT2D eigenvalue weighted by molar-refractivity contribution is 7.80. The van der Waals surface area contributed by atoms with E-state index >= 15 is 0 Å². The minimum atomic E-state index is -4.43. The molecule has 1 heterocycles. The summed E-state index contributed by atoms with van der Waals surface area (Å²) in [5, 5.41) is 10.1. The Kier molecular flexibility index (Phi) is 6.45. The van der Waals surface area contributed by atoms with Crippen LogP contribution in [0.15, 0.2) is 42.5 Å². The molecule has 0 aliphatic rings.